The molecule has 3 rings (SSSR count). The van der Waals surface area contributed by atoms with Crippen LogP contribution in [0.25, 0.3) is 0 Å². The van der Waals surface area contributed by atoms with E-state index in [-0.39, 0.29) is 24.0 Å². The maximum Gasteiger partial charge on any atom is 0.264 e. The van der Waals surface area contributed by atoms with Gasteiger partial charge in [-0.1, -0.05) is 48.3 Å². The summed E-state index contributed by atoms with van der Waals surface area (Å²) in [6, 6.07) is 4.05. The minimum atomic E-state index is -0.971. The number of hydrogen-bond acceptors (Lipinski definition) is 5. The Morgan fingerprint density at radius 2 is 2.03 bits per heavy atom. The molecule has 0 saturated carbocycles. The molecule has 4 amide bonds. The molecule has 2 heterocycles. The second-order valence-corrected chi connectivity index (χ2v) is 7.34. The van der Waals surface area contributed by atoms with E-state index < -0.39 is 29.7 Å². The normalized spacial score (nSPS) is 19.6. The standard InChI is InChI=1S/C22H24BN3O4/c1-3-14(11-23)8-7-13(2)12-24-16-6-4-5-15-19(16)22(30)26(21(15)29)17-9-10-18(27)25-20(17)28/h3-8,17,24H,1,9-12,23H2,2H3,(H,25,27,28)/b13-7+,14-8+. The third-order valence-electron chi connectivity index (χ3n) is 5.28. The van der Waals surface area contributed by atoms with Crippen molar-refractivity contribution >= 4 is 37.2 Å². The van der Waals surface area contributed by atoms with Gasteiger partial charge in [-0.15, -0.1) is 0 Å². The molecule has 0 radical (unpaired) electrons. The summed E-state index contributed by atoms with van der Waals surface area (Å²) in [6.45, 7) is 6.23. The van der Waals surface area contributed by atoms with Crippen molar-refractivity contribution in [1.29, 1.82) is 0 Å². The van der Waals surface area contributed by atoms with Gasteiger partial charge in [-0.3, -0.25) is 29.4 Å². The molecule has 1 atom stereocenters. The predicted octanol–water partition coefficient (Wildman–Crippen LogP) is 1.61. The molecular formula is C22H24BN3O4. The van der Waals surface area contributed by atoms with E-state index in [2.05, 4.69) is 25.1 Å². The fraction of sp³-hybridized carbons (Fsp3) is 0.273. The molecule has 154 valence electrons. The van der Waals surface area contributed by atoms with Crippen LogP contribution in [0.1, 0.15) is 40.5 Å². The van der Waals surface area contributed by atoms with Gasteiger partial charge in [0.15, 0.2) is 0 Å². The van der Waals surface area contributed by atoms with Crippen LogP contribution in [0.4, 0.5) is 5.69 Å². The molecule has 1 saturated heterocycles. The number of carbonyl (C=O) groups is 4. The summed E-state index contributed by atoms with van der Waals surface area (Å²) in [5, 5.41) is 5.42. The number of rotatable bonds is 7. The number of hydrogen-bond donors (Lipinski definition) is 2. The van der Waals surface area contributed by atoms with E-state index in [4.69, 9.17) is 0 Å². The Balaban J connectivity index is 1.81. The average molecular weight is 405 g/mol. The topological polar surface area (TPSA) is 95.6 Å². The van der Waals surface area contributed by atoms with Gasteiger partial charge < -0.3 is 5.32 Å². The number of benzene rings is 1. The number of amides is 4. The Morgan fingerprint density at radius 1 is 1.27 bits per heavy atom. The van der Waals surface area contributed by atoms with Crippen LogP contribution in [0.2, 0.25) is 6.32 Å². The van der Waals surface area contributed by atoms with Crippen molar-refractivity contribution in [2.45, 2.75) is 32.1 Å². The lowest BCUT2D eigenvalue weighted by molar-refractivity contribution is -0.136. The molecule has 0 aromatic heterocycles. The van der Waals surface area contributed by atoms with Crippen LogP contribution in [-0.2, 0) is 9.59 Å². The van der Waals surface area contributed by atoms with E-state index >= 15 is 0 Å². The summed E-state index contributed by atoms with van der Waals surface area (Å²) in [4.78, 5) is 50.5. The molecule has 0 bridgehead atoms. The number of nitrogens with zero attached hydrogens (tertiary/aromatic N) is 1. The van der Waals surface area contributed by atoms with E-state index in [1.54, 1.807) is 18.2 Å². The summed E-state index contributed by atoms with van der Waals surface area (Å²) < 4.78 is 0. The monoisotopic (exact) mass is 405 g/mol. The lowest BCUT2D eigenvalue weighted by Gasteiger charge is -2.27. The van der Waals surface area contributed by atoms with Gasteiger partial charge in [0, 0.05) is 18.7 Å². The van der Waals surface area contributed by atoms with Crippen LogP contribution >= 0.6 is 0 Å². The minimum Gasteiger partial charge on any atom is -0.381 e. The van der Waals surface area contributed by atoms with Crippen molar-refractivity contribution in [3.63, 3.8) is 0 Å². The number of anilines is 1. The van der Waals surface area contributed by atoms with Crippen molar-refractivity contribution in [3.05, 3.63) is 65.3 Å². The molecule has 2 aliphatic heterocycles. The van der Waals surface area contributed by atoms with Gasteiger partial charge in [-0.25, -0.2) is 0 Å². The fourth-order valence-corrected chi connectivity index (χ4v) is 3.54. The maximum atomic E-state index is 13.1. The third kappa shape index (κ3) is 4.12. The molecule has 0 aliphatic carbocycles. The number of nitrogens with one attached hydrogen (secondary N) is 2. The van der Waals surface area contributed by atoms with Crippen LogP contribution < -0.4 is 10.6 Å². The molecule has 7 nitrogen and oxygen atoms in total. The van der Waals surface area contributed by atoms with Gasteiger partial charge in [-0.2, -0.15) is 0 Å². The number of fused-ring (bicyclic) bond motifs is 1. The van der Waals surface area contributed by atoms with Crippen molar-refractivity contribution < 1.29 is 19.2 Å². The van der Waals surface area contributed by atoms with Gasteiger partial charge in [0.1, 0.15) is 13.9 Å². The van der Waals surface area contributed by atoms with Gasteiger partial charge in [0.2, 0.25) is 11.8 Å². The largest absolute Gasteiger partial charge is 0.381 e. The summed E-state index contributed by atoms with van der Waals surface area (Å²) in [7, 11) is 2.05. The van der Waals surface area contributed by atoms with E-state index in [9.17, 15) is 19.2 Å². The Hall–Kier alpha value is -3.42. The molecule has 30 heavy (non-hydrogen) atoms. The van der Waals surface area contributed by atoms with Crippen molar-refractivity contribution in [3.8, 4) is 0 Å². The Kier molecular flexibility index (Phi) is 6.35. The number of carbonyl (C=O) groups excluding carboxylic acids is 4. The molecule has 0 spiro atoms. The van der Waals surface area contributed by atoms with Gasteiger partial charge in [0.05, 0.1) is 11.1 Å². The number of allylic oxidation sites excluding steroid dienone is 4. The van der Waals surface area contributed by atoms with Crippen LogP contribution in [0, 0.1) is 0 Å². The smallest absolute Gasteiger partial charge is 0.264 e. The molecule has 2 N–H and O–H groups in total. The van der Waals surface area contributed by atoms with E-state index in [1.165, 1.54) is 0 Å². The summed E-state index contributed by atoms with van der Waals surface area (Å²) in [6.07, 6.45) is 6.92. The Bertz CT molecular complexity index is 996. The first-order chi connectivity index (χ1) is 14.4. The molecule has 2 aliphatic rings. The van der Waals surface area contributed by atoms with Gasteiger partial charge in [-0.05, 0) is 25.5 Å². The van der Waals surface area contributed by atoms with Crippen molar-refractivity contribution in [2.24, 2.45) is 0 Å². The first kappa shape index (κ1) is 21.3. The first-order valence-corrected chi connectivity index (χ1v) is 9.94. The lowest BCUT2D eigenvalue weighted by Crippen LogP contribution is -2.54. The highest BCUT2D eigenvalue weighted by molar-refractivity contribution is 6.25. The van der Waals surface area contributed by atoms with Gasteiger partial charge in [0.25, 0.3) is 11.8 Å². The quantitative estimate of drug-likeness (QED) is 0.408. The van der Waals surface area contributed by atoms with Crippen LogP contribution in [-0.4, -0.2) is 49.0 Å². The van der Waals surface area contributed by atoms with Crippen LogP contribution in [0.15, 0.2) is 54.2 Å². The second-order valence-electron chi connectivity index (χ2n) is 7.34. The highest BCUT2D eigenvalue weighted by atomic mass is 16.2. The molecular weight excluding hydrogens is 381 g/mol. The molecule has 8 heteroatoms. The average Bonchev–Trinajstić information content (AvgIpc) is 2.98. The van der Waals surface area contributed by atoms with Crippen molar-refractivity contribution in [2.75, 3.05) is 11.9 Å². The molecule has 1 fully saturated rings. The summed E-state index contributed by atoms with van der Waals surface area (Å²) in [5.74, 6) is -2.04. The lowest BCUT2D eigenvalue weighted by atomic mass is 9.96. The van der Waals surface area contributed by atoms with Crippen LogP contribution in [0.3, 0.4) is 0 Å². The second kappa shape index (κ2) is 8.94. The zero-order valence-corrected chi connectivity index (χ0v) is 17.2. The number of imide groups is 2. The van der Waals surface area contributed by atoms with E-state index in [1.807, 2.05) is 25.2 Å². The summed E-state index contributed by atoms with van der Waals surface area (Å²) in [5.41, 5.74) is 3.22. The highest BCUT2D eigenvalue weighted by Gasteiger charge is 2.45. The summed E-state index contributed by atoms with van der Waals surface area (Å²) >= 11 is 0. The van der Waals surface area contributed by atoms with E-state index in [0.29, 0.717) is 12.2 Å². The minimum absolute atomic E-state index is 0.0941. The maximum absolute atomic E-state index is 13.1. The van der Waals surface area contributed by atoms with Crippen LogP contribution in [0.5, 0.6) is 0 Å². The fourth-order valence-electron chi connectivity index (χ4n) is 3.54. The van der Waals surface area contributed by atoms with Crippen molar-refractivity contribution in [1.82, 2.24) is 10.2 Å². The number of piperidine rings is 1. The Labute approximate surface area is 176 Å². The van der Waals surface area contributed by atoms with E-state index in [0.717, 1.165) is 22.4 Å². The zero-order valence-electron chi connectivity index (χ0n) is 17.2. The predicted molar refractivity (Wildman–Crippen MR) is 117 cm³/mol. The molecule has 1 aromatic rings. The molecule has 1 aromatic carbocycles. The first-order valence-electron chi connectivity index (χ1n) is 9.94. The third-order valence-corrected chi connectivity index (χ3v) is 5.28. The highest BCUT2D eigenvalue weighted by Crippen LogP contribution is 2.32. The SMILES string of the molecule is BC/C(C=C)=C/C=C(\C)CNc1cccc2c1C(=O)N(C1CCC(=O)NC1=O)C2=O. The zero-order chi connectivity index (χ0) is 21.8. The molecule has 1 unspecified atom stereocenters. The van der Waals surface area contributed by atoms with Gasteiger partial charge >= 0.3 is 0 Å². The Morgan fingerprint density at radius 3 is 2.70 bits per heavy atom.